The van der Waals surface area contributed by atoms with E-state index in [2.05, 4.69) is 0 Å². The topological polar surface area (TPSA) is 54.5 Å². The van der Waals surface area contributed by atoms with Crippen LogP contribution in [0.2, 0.25) is 0 Å². The van der Waals surface area contributed by atoms with Gasteiger partial charge < -0.3 is 4.90 Å². The van der Waals surface area contributed by atoms with Crippen LogP contribution < -0.4 is 4.90 Å². The molecule has 0 fully saturated rings. The summed E-state index contributed by atoms with van der Waals surface area (Å²) in [6.07, 6.45) is 1.15. The van der Waals surface area contributed by atoms with Crippen LogP contribution in [0.1, 0.15) is 28.4 Å². The maximum atomic E-state index is 12.8. The first-order valence-corrected chi connectivity index (χ1v) is 9.32. The molecular formula is C18H21NO3S. The Morgan fingerprint density at radius 2 is 1.65 bits per heavy atom. The maximum Gasteiger partial charge on any atom is 0.258 e. The van der Waals surface area contributed by atoms with Crippen molar-refractivity contribution in [1.82, 2.24) is 0 Å². The van der Waals surface area contributed by atoms with Gasteiger partial charge in [-0.05, 0) is 62.2 Å². The number of anilines is 1. The molecule has 0 aliphatic heterocycles. The molecule has 4 nitrogen and oxygen atoms in total. The second-order valence-corrected chi connectivity index (χ2v) is 7.65. The quantitative estimate of drug-likeness (QED) is 0.863. The molecule has 0 unspecified atom stereocenters. The summed E-state index contributed by atoms with van der Waals surface area (Å²) in [4.78, 5) is 14.7. The molecule has 0 saturated carbocycles. The van der Waals surface area contributed by atoms with Crippen molar-refractivity contribution in [2.24, 2.45) is 0 Å². The average Bonchev–Trinajstić information content (AvgIpc) is 2.50. The minimum absolute atomic E-state index is 0.138. The van der Waals surface area contributed by atoms with E-state index >= 15 is 0 Å². The zero-order valence-corrected chi connectivity index (χ0v) is 14.6. The van der Waals surface area contributed by atoms with E-state index in [0.29, 0.717) is 12.1 Å². The van der Waals surface area contributed by atoms with Crippen molar-refractivity contribution in [3.63, 3.8) is 0 Å². The fraction of sp³-hybridized carbons (Fsp3) is 0.278. The summed E-state index contributed by atoms with van der Waals surface area (Å²) in [5.74, 6) is -0.138. The largest absolute Gasteiger partial charge is 0.308 e. The lowest BCUT2D eigenvalue weighted by atomic mass is 10.1. The number of carbonyl (C=O) groups excluding carboxylic acids is 1. The fourth-order valence-corrected chi connectivity index (χ4v) is 3.06. The normalized spacial score (nSPS) is 11.3. The minimum atomic E-state index is -3.26. The van der Waals surface area contributed by atoms with Crippen molar-refractivity contribution >= 4 is 21.4 Å². The van der Waals surface area contributed by atoms with E-state index in [0.717, 1.165) is 23.1 Å². The van der Waals surface area contributed by atoms with Gasteiger partial charge in [0.25, 0.3) is 5.91 Å². The molecule has 0 aliphatic rings. The third-order valence-electron chi connectivity index (χ3n) is 3.75. The number of hydrogen-bond donors (Lipinski definition) is 0. The fourth-order valence-electron chi connectivity index (χ4n) is 2.43. The first-order chi connectivity index (χ1) is 10.7. The molecule has 2 aromatic rings. The number of nitrogens with zero attached hydrogens (tertiary/aromatic N) is 1. The lowest BCUT2D eigenvalue weighted by Crippen LogP contribution is -2.31. The molecule has 122 valence electrons. The Morgan fingerprint density at radius 1 is 1.04 bits per heavy atom. The van der Waals surface area contributed by atoms with Gasteiger partial charge in [-0.1, -0.05) is 12.1 Å². The van der Waals surface area contributed by atoms with E-state index in [1.165, 1.54) is 12.1 Å². The van der Waals surface area contributed by atoms with Gasteiger partial charge in [-0.2, -0.15) is 0 Å². The number of sulfone groups is 1. The van der Waals surface area contributed by atoms with Crippen LogP contribution in [-0.4, -0.2) is 27.1 Å². The van der Waals surface area contributed by atoms with Gasteiger partial charge in [-0.25, -0.2) is 8.42 Å². The zero-order chi connectivity index (χ0) is 17.2. The molecule has 2 aromatic carbocycles. The molecule has 23 heavy (non-hydrogen) atoms. The lowest BCUT2D eigenvalue weighted by molar-refractivity contribution is 0.0988. The van der Waals surface area contributed by atoms with Crippen LogP contribution in [0, 0.1) is 13.8 Å². The third kappa shape index (κ3) is 3.79. The molecule has 0 bridgehead atoms. The van der Waals surface area contributed by atoms with Gasteiger partial charge in [-0.3, -0.25) is 4.79 Å². The van der Waals surface area contributed by atoms with Gasteiger partial charge in [0.1, 0.15) is 0 Å². The van der Waals surface area contributed by atoms with Crippen LogP contribution in [0.4, 0.5) is 5.69 Å². The van der Waals surface area contributed by atoms with Crippen LogP contribution in [0.25, 0.3) is 0 Å². The van der Waals surface area contributed by atoms with Crippen molar-refractivity contribution < 1.29 is 13.2 Å². The van der Waals surface area contributed by atoms with Gasteiger partial charge in [0.2, 0.25) is 0 Å². The Morgan fingerprint density at radius 3 is 2.17 bits per heavy atom. The standard InChI is InChI=1S/C18H21NO3S/c1-5-19(17-12-13(2)6-7-14(17)3)18(20)15-8-10-16(11-9-15)23(4,21)22/h6-12H,5H2,1-4H3. The second kappa shape index (κ2) is 6.54. The molecule has 0 N–H and O–H groups in total. The van der Waals surface area contributed by atoms with Gasteiger partial charge >= 0.3 is 0 Å². The number of aryl methyl sites for hydroxylation is 2. The third-order valence-corrected chi connectivity index (χ3v) is 4.87. The van der Waals surface area contributed by atoms with Crippen molar-refractivity contribution in [2.75, 3.05) is 17.7 Å². The van der Waals surface area contributed by atoms with E-state index < -0.39 is 9.84 Å². The predicted octanol–water partition coefficient (Wildman–Crippen LogP) is 3.37. The molecule has 0 saturated heterocycles. The molecule has 1 amide bonds. The zero-order valence-electron chi connectivity index (χ0n) is 13.8. The highest BCUT2D eigenvalue weighted by Crippen LogP contribution is 2.23. The summed E-state index contributed by atoms with van der Waals surface area (Å²) in [7, 11) is -3.26. The molecule has 0 atom stereocenters. The van der Waals surface area contributed by atoms with E-state index in [-0.39, 0.29) is 10.8 Å². The summed E-state index contributed by atoms with van der Waals surface area (Å²) in [6, 6.07) is 12.1. The average molecular weight is 331 g/mol. The van der Waals surface area contributed by atoms with Crippen molar-refractivity contribution in [3.05, 3.63) is 59.2 Å². The van der Waals surface area contributed by atoms with Gasteiger partial charge in [0.15, 0.2) is 9.84 Å². The first-order valence-electron chi connectivity index (χ1n) is 7.43. The predicted molar refractivity (Wildman–Crippen MR) is 92.8 cm³/mol. The smallest absolute Gasteiger partial charge is 0.258 e. The van der Waals surface area contributed by atoms with Crippen LogP contribution in [0.3, 0.4) is 0 Å². The summed E-state index contributed by atoms with van der Waals surface area (Å²) < 4.78 is 23.0. The van der Waals surface area contributed by atoms with Crippen molar-refractivity contribution in [2.45, 2.75) is 25.7 Å². The number of benzene rings is 2. The Hall–Kier alpha value is -2.14. The Kier molecular flexibility index (Phi) is 4.90. The van der Waals surface area contributed by atoms with Gasteiger partial charge in [0.05, 0.1) is 4.90 Å². The maximum absolute atomic E-state index is 12.8. The molecule has 0 aromatic heterocycles. The van der Waals surface area contributed by atoms with E-state index in [1.807, 2.05) is 39.0 Å². The lowest BCUT2D eigenvalue weighted by Gasteiger charge is -2.23. The second-order valence-electron chi connectivity index (χ2n) is 5.64. The van der Waals surface area contributed by atoms with Crippen LogP contribution in [-0.2, 0) is 9.84 Å². The summed E-state index contributed by atoms with van der Waals surface area (Å²) in [5, 5.41) is 0. The highest BCUT2D eigenvalue weighted by molar-refractivity contribution is 7.90. The summed E-state index contributed by atoms with van der Waals surface area (Å²) >= 11 is 0. The van der Waals surface area contributed by atoms with Crippen LogP contribution >= 0.6 is 0 Å². The Balaban J connectivity index is 2.39. The number of hydrogen-bond acceptors (Lipinski definition) is 3. The highest BCUT2D eigenvalue weighted by Gasteiger charge is 2.18. The molecular weight excluding hydrogens is 310 g/mol. The first kappa shape index (κ1) is 17.2. The Labute approximate surface area is 137 Å². The molecule has 0 radical (unpaired) electrons. The number of carbonyl (C=O) groups is 1. The van der Waals surface area contributed by atoms with E-state index in [1.54, 1.807) is 17.0 Å². The van der Waals surface area contributed by atoms with Crippen LogP contribution in [0.5, 0.6) is 0 Å². The number of amides is 1. The van der Waals surface area contributed by atoms with Crippen molar-refractivity contribution in [1.29, 1.82) is 0 Å². The SMILES string of the molecule is CCN(C(=O)c1ccc(S(C)(=O)=O)cc1)c1cc(C)ccc1C. The summed E-state index contributed by atoms with van der Waals surface area (Å²) in [5.41, 5.74) is 3.47. The van der Waals surface area contributed by atoms with E-state index in [9.17, 15) is 13.2 Å². The molecule has 0 spiro atoms. The number of rotatable bonds is 4. The van der Waals surface area contributed by atoms with Gasteiger partial charge in [-0.15, -0.1) is 0 Å². The molecule has 5 heteroatoms. The van der Waals surface area contributed by atoms with Gasteiger partial charge in [0, 0.05) is 24.1 Å². The minimum Gasteiger partial charge on any atom is -0.308 e. The monoisotopic (exact) mass is 331 g/mol. The van der Waals surface area contributed by atoms with Crippen molar-refractivity contribution in [3.8, 4) is 0 Å². The molecule has 0 heterocycles. The van der Waals surface area contributed by atoms with Crippen LogP contribution in [0.15, 0.2) is 47.4 Å². The molecule has 0 aliphatic carbocycles. The van der Waals surface area contributed by atoms with E-state index in [4.69, 9.17) is 0 Å². The highest BCUT2D eigenvalue weighted by atomic mass is 32.2. The molecule has 2 rings (SSSR count). The Bertz CT molecular complexity index is 824. The summed E-state index contributed by atoms with van der Waals surface area (Å²) in [6.45, 7) is 6.42.